The maximum atomic E-state index is 3.69. The van der Waals surface area contributed by atoms with Crippen molar-refractivity contribution in [1.82, 2.24) is 10.2 Å². The molecule has 2 nitrogen and oxygen atoms in total. The van der Waals surface area contributed by atoms with Crippen LogP contribution in [-0.2, 0) is 0 Å². The van der Waals surface area contributed by atoms with Crippen LogP contribution in [0, 0.1) is 0 Å². The number of hydrogen-bond donors (Lipinski definition) is 1. The monoisotopic (exact) mass is 294 g/mol. The van der Waals surface area contributed by atoms with Gasteiger partial charge in [0.05, 0.1) is 0 Å². The van der Waals surface area contributed by atoms with E-state index < -0.39 is 0 Å². The quantitative estimate of drug-likeness (QED) is 0.857. The number of benzene rings is 1. The maximum absolute atomic E-state index is 3.69. The van der Waals surface area contributed by atoms with Crippen molar-refractivity contribution in [3.05, 3.63) is 34.3 Å². The van der Waals surface area contributed by atoms with Gasteiger partial charge in [-0.3, -0.25) is 4.90 Å². The topological polar surface area (TPSA) is 15.3 Å². The Balaban J connectivity index is 1.88. The first-order valence-electron chi connectivity index (χ1n) is 6.57. The van der Waals surface area contributed by atoms with Gasteiger partial charge in [0.25, 0.3) is 0 Å². The zero-order chi connectivity index (χ0) is 11.7. The first-order valence-corrected chi connectivity index (χ1v) is 7.36. The summed E-state index contributed by atoms with van der Waals surface area (Å²) in [6.07, 6.45) is 4.11. The molecule has 0 saturated carbocycles. The number of piperazine rings is 1. The Morgan fingerprint density at radius 1 is 1.18 bits per heavy atom. The molecule has 0 aromatic heterocycles. The number of rotatable bonds is 1. The summed E-state index contributed by atoms with van der Waals surface area (Å²) >= 11 is 3.69. The Morgan fingerprint density at radius 2 is 2.06 bits per heavy atom. The van der Waals surface area contributed by atoms with Gasteiger partial charge in [0.1, 0.15) is 0 Å². The third-order valence-corrected chi connectivity index (χ3v) is 4.78. The van der Waals surface area contributed by atoms with Crippen LogP contribution in [0.5, 0.6) is 0 Å². The number of piperidine rings is 1. The first-order chi connectivity index (χ1) is 8.36. The highest BCUT2D eigenvalue weighted by molar-refractivity contribution is 9.10. The molecule has 0 spiro atoms. The molecule has 2 unspecified atom stereocenters. The van der Waals surface area contributed by atoms with Crippen LogP contribution < -0.4 is 5.32 Å². The summed E-state index contributed by atoms with van der Waals surface area (Å²) < 4.78 is 1.25. The van der Waals surface area contributed by atoms with Crippen LogP contribution in [0.2, 0.25) is 0 Å². The fourth-order valence-electron chi connectivity index (χ4n) is 3.19. The molecule has 1 N–H and O–H groups in total. The molecular formula is C14H19BrN2. The van der Waals surface area contributed by atoms with Crippen LogP contribution >= 0.6 is 15.9 Å². The summed E-state index contributed by atoms with van der Waals surface area (Å²) in [7, 11) is 0. The van der Waals surface area contributed by atoms with E-state index in [0.717, 1.165) is 12.6 Å². The lowest BCUT2D eigenvalue weighted by Crippen LogP contribution is -2.54. The van der Waals surface area contributed by atoms with Crippen molar-refractivity contribution in [2.75, 3.05) is 19.6 Å². The predicted molar refractivity (Wildman–Crippen MR) is 74.1 cm³/mol. The molecule has 2 heterocycles. The lowest BCUT2D eigenvalue weighted by atomic mass is 9.93. The summed E-state index contributed by atoms with van der Waals surface area (Å²) in [6, 6.07) is 9.95. The number of fused-ring (bicyclic) bond motifs is 1. The van der Waals surface area contributed by atoms with Gasteiger partial charge in [0.15, 0.2) is 0 Å². The number of hydrogen-bond acceptors (Lipinski definition) is 2. The van der Waals surface area contributed by atoms with Gasteiger partial charge >= 0.3 is 0 Å². The second-order valence-corrected chi connectivity index (χ2v) is 5.94. The van der Waals surface area contributed by atoms with E-state index in [2.05, 4.69) is 50.4 Å². The highest BCUT2D eigenvalue weighted by Gasteiger charge is 2.33. The highest BCUT2D eigenvalue weighted by Crippen LogP contribution is 2.33. The third-order valence-electron chi connectivity index (χ3n) is 4.05. The lowest BCUT2D eigenvalue weighted by molar-refractivity contribution is 0.0640. The number of halogens is 1. The van der Waals surface area contributed by atoms with Crippen molar-refractivity contribution in [1.29, 1.82) is 0 Å². The molecule has 1 aromatic rings. The van der Waals surface area contributed by atoms with Gasteiger partial charge < -0.3 is 5.32 Å². The van der Waals surface area contributed by atoms with E-state index in [1.807, 2.05) is 0 Å². The normalized spacial score (nSPS) is 29.9. The van der Waals surface area contributed by atoms with E-state index in [4.69, 9.17) is 0 Å². The van der Waals surface area contributed by atoms with E-state index in [9.17, 15) is 0 Å². The van der Waals surface area contributed by atoms with Crippen molar-refractivity contribution < 1.29 is 0 Å². The van der Waals surface area contributed by atoms with Gasteiger partial charge in [-0.25, -0.2) is 0 Å². The Hall–Kier alpha value is -0.380. The molecule has 3 heteroatoms. The van der Waals surface area contributed by atoms with E-state index >= 15 is 0 Å². The third kappa shape index (κ3) is 2.28. The standard InChI is InChI=1S/C14H19BrN2/c15-13-7-2-1-6-12(13)14-10-16-9-11-5-3-4-8-17(11)14/h1-2,6-7,11,14,16H,3-5,8-10H2. The molecule has 3 rings (SSSR count). The molecule has 92 valence electrons. The van der Waals surface area contributed by atoms with Crippen molar-refractivity contribution >= 4 is 15.9 Å². The second-order valence-electron chi connectivity index (χ2n) is 5.08. The Labute approximate surface area is 112 Å². The van der Waals surface area contributed by atoms with Crippen LogP contribution in [0.25, 0.3) is 0 Å². The van der Waals surface area contributed by atoms with Crippen LogP contribution in [0.4, 0.5) is 0 Å². The van der Waals surface area contributed by atoms with E-state index in [1.54, 1.807) is 0 Å². The molecular weight excluding hydrogens is 276 g/mol. The zero-order valence-corrected chi connectivity index (χ0v) is 11.6. The van der Waals surface area contributed by atoms with Gasteiger partial charge in [-0.15, -0.1) is 0 Å². The average Bonchev–Trinajstić information content (AvgIpc) is 2.39. The first kappa shape index (κ1) is 11.7. The number of nitrogens with zero attached hydrogens (tertiary/aromatic N) is 1. The van der Waals surface area contributed by atoms with Crippen LogP contribution in [0.15, 0.2) is 28.7 Å². The maximum Gasteiger partial charge on any atom is 0.0487 e. The minimum absolute atomic E-state index is 0.546. The Kier molecular flexibility index (Phi) is 3.50. The van der Waals surface area contributed by atoms with Gasteiger partial charge in [-0.05, 0) is 31.0 Å². The van der Waals surface area contributed by atoms with Crippen molar-refractivity contribution in [3.8, 4) is 0 Å². The van der Waals surface area contributed by atoms with Gasteiger partial charge in [0, 0.05) is 29.6 Å². The Morgan fingerprint density at radius 3 is 2.94 bits per heavy atom. The van der Waals surface area contributed by atoms with E-state index in [0.29, 0.717) is 6.04 Å². The van der Waals surface area contributed by atoms with Crippen molar-refractivity contribution in [2.24, 2.45) is 0 Å². The fraction of sp³-hybridized carbons (Fsp3) is 0.571. The molecule has 17 heavy (non-hydrogen) atoms. The van der Waals surface area contributed by atoms with Crippen molar-refractivity contribution in [3.63, 3.8) is 0 Å². The van der Waals surface area contributed by atoms with Gasteiger partial charge in [-0.1, -0.05) is 40.5 Å². The zero-order valence-electron chi connectivity index (χ0n) is 10.0. The van der Waals surface area contributed by atoms with E-state index in [-0.39, 0.29) is 0 Å². The minimum Gasteiger partial charge on any atom is -0.313 e. The summed E-state index contributed by atoms with van der Waals surface area (Å²) in [5, 5.41) is 3.60. The molecule has 0 bridgehead atoms. The number of nitrogens with one attached hydrogen (secondary N) is 1. The summed E-state index contributed by atoms with van der Waals surface area (Å²) in [5.74, 6) is 0. The predicted octanol–water partition coefficient (Wildman–Crippen LogP) is 2.95. The lowest BCUT2D eigenvalue weighted by Gasteiger charge is -2.45. The smallest absolute Gasteiger partial charge is 0.0487 e. The molecule has 2 saturated heterocycles. The SMILES string of the molecule is Brc1ccccc1C1CNCC2CCCCN21. The van der Waals surface area contributed by atoms with Crippen LogP contribution in [0.1, 0.15) is 30.9 Å². The molecule has 0 radical (unpaired) electrons. The molecule has 2 aliphatic rings. The average molecular weight is 295 g/mol. The van der Waals surface area contributed by atoms with Crippen LogP contribution in [0.3, 0.4) is 0 Å². The fourth-order valence-corrected chi connectivity index (χ4v) is 3.74. The molecule has 0 aliphatic carbocycles. The minimum atomic E-state index is 0.546. The summed E-state index contributed by atoms with van der Waals surface area (Å²) in [6.45, 7) is 3.51. The highest BCUT2D eigenvalue weighted by atomic mass is 79.9. The van der Waals surface area contributed by atoms with Gasteiger partial charge in [-0.2, -0.15) is 0 Å². The van der Waals surface area contributed by atoms with E-state index in [1.165, 1.54) is 42.4 Å². The largest absolute Gasteiger partial charge is 0.313 e. The van der Waals surface area contributed by atoms with Crippen LogP contribution in [-0.4, -0.2) is 30.6 Å². The molecule has 2 atom stereocenters. The molecule has 2 fully saturated rings. The second kappa shape index (κ2) is 5.09. The van der Waals surface area contributed by atoms with Crippen molar-refractivity contribution in [2.45, 2.75) is 31.3 Å². The van der Waals surface area contributed by atoms with Gasteiger partial charge in [0.2, 0.25) is 0 Å². The molecule has 0 amide bonds. The summed E-state index contributed by atoms with van der Waals surface area (Å²) in [4.78, 5) is 2.71. The molecule has 2 aliphatic heterocycles. The Bertz CT molecular complexity index is 392. The summed E-state index contributed by atoms with van der Waals surface area (Å²) in [5.41, 5.74) is 1.44. The molecule has 1 aromatic carbocycles.